The molecular formula is C17H19FN4O3. The molecule has 1 amide bonds. The topological polar surface area (TPSA) is 76.6 Å². The molecule has 1 aromatic carbocycles. The third-order valence-electron chi connectivity index (χ3n) is 3.88. The van der Waals surface area contributed by atoms with Crippen LogP contribution in [-0.4, -0.2) is 54.1 Å². The van der Waals surface area contributed by atoms with Crippen molar-refractivity contribution in [1.29, 1.82) is 0 Å². The number of anilines is 1. The molecule has 25 heavy (non-hydrogen) atoms. The van der Waals surface area contributed by atoms with Crippen LogP contribution in [0, 0.1) is 5.82 Å². The molecule has 132 valence electrons. The van der Waals surface area contributed by atoms with Crippen LogP contribution in [0.1, 0.15) is 11.8 Å². The lowest BCUT2D eigenvalue weighted by Crippen LogP contribution is -2.44. The van der Waals surface area contributed by atoms with Gasteiger partial charge in [-0.1, -0.05) is 12.1 Å². The average Bonchev–Trinajstić information content (AvgIpc) is 2.67. The van der Waals surface area contributed by atoms with E-state index in [9.17, 15) is 9.18 Å². The van der Waals surface area contributed by atoms with Gasteiger partial charge in [-0.05, 0) is 12.1 Å². The molecule has 3 rings (SSSR count). The van der Waals surface area contributed by atoms with E-state index in [0.29, 0.717) is 31.2 Å². The Morgan fingerprint density at radius 1 is 1.40 bits per heavy atom. The number of ether oxygens (including phenoxy) is 2. The van der Waals surface area contributed by atoms with Crippen LogP contribution in [0.5, 0.6) is 5.75 Å². The molecule has 8 heteroatoms. The summed E-state index contributed by atoms with van der Waals surface area (Å²) in [6.07, 6.45) is 2.80. The molecule has 1 atom stereocenters. The highest BCUT2D eigenvalue weighted by Crippen LogP contribution is 2.25. The van der Waals surface area contributed by atoms with Gasteiger partial charge in [0.2, 0.25) is 0 Å². The quantitative estimate of drug-likeness (QED) is 0.887. The predicted octanol–water partition coefficient (Wildman–Crippen LogP) is 1.64. The number of hydrogen-bond donors (Lipinski definition) is 1. The number of rotatable bonds is 5. The summed E-state index contributed by atoms with van der Waals surface area (Å²) in [5, 5.41) is 2.97. The molecule has 1 aliphatic heterocycles. The van der Waals surface area contributed by atoms with E-state index >= 15 is 0 Å². The van der Waals surface area contributed by atoms with Crippen molar-refractivity contribution in [2.24, 2.45) is 0 Å². The lowest BCUT2D eigenvalue weighted by molar-refractivity contribution is -0.141. The van der Waals surface area contributed by atoms with E-state index in [2.05, 4.69) is 15.3 Å². The summed E-state index contributed by atoms with van der Waals surface area (Å²) in [5.41, 5.74) is 0.650. The molecule has 0 radical (unpaired) electrons. The molecule has 1 N–H and O–H groups in total. The zero-order chi connectivity index (χ0) is 17.6. The van der Waals surface area contributed by atoms with E-state index in [0.717, 1.165) is 0 Å². The van der Waals surface area contributed by atoms with Crippen molar-refractivity contribution in [3.05, 3.63) is 48.2 Å². The molecule has 0 bridgehead atoms. The van der Waals surface area contributed by atoms with Crippen molar-refractivity contribution in [3.63, 3.8) is 0 Å². The number of morpholine rings is 1. The third kappa shape index (κ3) is 4.03. The highest BCUT2D eigenvalue weighted by Gasteiger charge is 2.28. The van der Waals surface area contributed by atoms with Gasteiger partial charge in [0, 0.05) is 26.0 Å². The Labute approximate surface area is 144 Å². The van der Waals surface area contributed by atoms with Crippen LogP contribution < -0.4 is 10.1 Å². The maximum absolute atomic E-state index is 13.6. The fourth-order valence-electron chi connectivity index (χ4n) is 2.61. The van der Waals surface area contributed by atoms with Crippen LogP contribution in [0.4, 0.5) is 10.2 Å². The number of carbonyl (C=O) groups is 1. The van der Waals surface area contributed by atoms with Crippen molar-refractivity contribution in [2.75, 3.05) is 38.7 Å². The minimum Gasteiger partial charge on any atom is -0.481 e. The maximum Gasteiger partial charge on any atom is 0.260 e. The Kier molecular flexibility index (Phi) is 5.39. The number of nitrogens with zero attached hydrogens (tertiary/aromatic N) is 3. The number of amides is 1. The van der Waals surface area contributed by atoms with Gasteiger partial charge in [-0.2, -0.15) is 0 Å². The summed E-state index contributed by atoms with van der Waals surface area (Å²) in [7, 11) is 1.75. The first kappa shape index (κ1) is 17.1. The smallest absolute Gasteiger partial charge is 0.260 e. The van der Waals surface area contributed by atoms with Gasteiger partial charge in [-0.15, -0.1) is 0 Å². The number of benzene rings is 1. The minimum absolute atomic E-state index is 0.0621. The lowest BCUT2D eigenvalue weighted by atomic mass is 10.2. The maximum atomic E-state index is 13.6. The predicted molar refractivity (Wildman–Crippen MR) is 88.7 cm³/mol. The van der Waals surface area contributed by atoms with Crippen molar-refractivity contribution in [1.82, 2.24) is 14.9 Å². The van der Waals surface area contributed by atoms with E-state index in [1.54, 1.807) is 36.5 Å². The Morgan fingerprint density at radius 2 is 2.20 bits per heavy atom. The fraction of sp³-hybridized carbons (Fsp3) is 0.353. The molecule has 0 spiro atoms. The highest BCUT2D eigenvalue weighted by molar-refractivity contribution is 5.78. The summed E-state index contributed by atoms with van der Waals surface area (Å²) < 4.78 is 24.6. The molecule has 2 aromatic rings. The van der Waals surface area contributed by atoms with Crippen molar-refractivity contribution in [2.45, 2.75) is 6.10 Å². The second-order valence-electron chi connectivity index (χ2n) is 5.46. The molecule has 0 aliphatic carbocycles. The van der Waals surface area contributed by atoms with Crippen LogP contribution in [-0.2, 0) is 9.53 Å². The number of aromatic nitrogens is 2. The Morgan fingerprint density at radius 3 is 3.00 bits per heavy atom. The Hall–Kier alpha value is -2.74. The van der Waals surface area contributed by atoms with Crippen molar-refractivity contribution in [3.8, 4) is 5.75 Å². The lowest BCUT2D eigenvalue weighted by Gasteiger charge is -2.33. The van der Waals surface area contributed by atoms with Crippen molar-refractivity contribution >= 4 is 11.7 Å². The summed E-state index contributed by atoms with van der Waals surface area (Å²) in [4.78, 5) is 22.5. The van der Waals surface area contributed by atoms with Gasteiger partial charge < -0.3 is 19.7 Å². The normalized spacial score (nSPS) is 17.2. The summed E-state index contributed by atoms with van der Waals surface area (Å²) in [6.45, 7) is 0.945. The molecule has 1 aliphatic rings. The van der Waals surface area contributed by atoms with Gasteiger partial charge in [0.1, 0.15) is 17.6 Å². The van der Waals surface area contributed by atoms with Crippen molar-refractivity contribution < 1.29 is 18.7 Å². The molecule has 0 saturated carbocycles. The molecular weight excluding hydrogens is 327 g/mol. The van der Waals surface area contributed by atoms with Crippen LogP contribution >= 0.6 is 0 Å². The van der Waals surface area contributed by atoms with E-state index in [1.165, 1.54) is 12.1 Å². The van der Waals surface area contributed by atoms with Gasteiger partial charge >= 0.3 is 0 Å². The van der Waals surface area contributed by atoms with Crippen LogP contribution in [0.15, 0.2) is 36.7 Å². The zero-order valence-electron chi connectivity index (χ0n) is 13.8. The third-order valence-corrected chi connectivity index (χ3v) is 3.88. The second kappa shape index (κ2) is 7.89. The average molecular weight is 346 g/mol. The highest BCUT2D eigenvalue weighted by atomic mass is 19.1. The Bertz CT molecular complexity index is 743. The SMILES string of the molecule is CNc1nccnc1[C@@H]1CN(C(=O)COc2ccccc2F)CCO1. The largest absolute Gasteiger partial charge is 0.481 e. The van der Waals surface area contributed by atoms with E-state index in [4.69, 9.17) is 9.47 Å². The standard InChI is InChI=1S/C17H19FN4O3/c1-19-17-16(20-6-7-21-17)14-10-22(8-9-24-14)15(23)11-25-13-5-3-2-4-12(13)18/h2-7,14H,8-11H2,1H3,(H,19,21)/t14-/m0/s1. The minimum atomic E-state index is -0.492. The van der Waals surface area contributed by atoms with Gasteiger partial charge in [-0.25, -0.2) is 9.37 Å². The number of nitrogens with one attached hydrogen (secondary N) is 1. The number of halogens is 1. The van der Waals surface area contributed by atoms with Crippen LogP contribution in [0.3, 0.4) is 0 Å². The van der Waals surface area contributed by atoms with Gasteiger partial charge in [-0.3, -0.25) is 9.78 Å². The number of para-hydroxylation sites is 1. The van der Waals surface area contributed by atoms with E-state index in [-0.39, 0.29) is 24.4 Å². The molecule has 1 aromatic heterocycles. The summed E-state index contributed by atoms with van der Waals surface area (Å²) in [5.74, 6) is -0.0451. The summed E-state index contributed by atoms with van der Waals surface area (Å²) >= 11 is 0. The first-order chi connectivity index (χ1) is 12.2. The fourth-order valence-corrected chi connectivity index (χ4v) is 2.61. The van der Waals surface area contributed by atoms with E-state index < -0.39 is 5.82 Å². The van der Waals surface area contributed by atoms with Gasteiger partial charge in [0.15, 0.2) is 18.2 Å². The molecule has 1 fully saturated rings. The molecule has 1 saturated heterocycles. The first-order valence-electron chi connectivity index (χ1n) is 7.94. The second-order valence-corrected chi connectivity index (χ2v) is 5.46. The molecule has 2 heterocycles. The summed E-state index contributed by atoms with van der Waals surface area (Å²) in [6, 6.07) is 6.00. The first-order valence-corrected chi connectivity index (χ1v) is 7.94. The van der Waals surface area contributed by atoms with Crippen LogP contribution in [0.2, 0.25) is 0 Å². The van der Waals surface area contributed by atoms with Gasteiger partial charge in [0.25, 0.3) is 5.91 Å². The molecule has 0 unspecified atom stereocenters. The zero-order valence-corrected chi connectivity index (χ0v) is 13.8. The van der Waals surface area contributed by atoms with Gasteiger partial charge in [0.05, 0.1) is 13.2 Å². The van der Waals surface area contributed by atoms with Crippen LogP contribution in [0.25, 0.3) is 0 Å². The Balaban J connectivity index is 1.63. The number of carbonyl (C=O) groups excluding carboxylic acids is 1. The van der Waals surface area contributed by atoms with E-state index in [1.807, 2.05) is 0 Å². The molecule has 7 nitrogen and oxygen atoms in total. The number of hydrogen-bond acceptors (Lipinski definition) is 6. The monoisotopic (exact) mass is 346 g/mol.